The minimum absolute atomic E-state index is 0.109. The second kappa shape index (κ2) is 7.07. The van der Waals surface area contributed by atoms with Gasteiger partial charge in [0.15, 0.2) is 0 Å². The van der Waals surface area contributed by atoms with Crippen molar-refractivity contribution in [3.05, 3.63) is 0 Å². The zero-order chi connectivity index (χ0) is 14.5. The van der Waals surface area contributed by atoms with E-state index in [-0.39, 0.29) is 18.2 Å². The molecular formula is C15H26N2O3. The first-order chi connectivity index (χ1) is 9.61. The fourth-order valence-corrected chi connectivity index (χ4v) is 3.71. The zero-order valence-electron chi connectivity index (χ0n) is 12.1. The summed E-state index contributed by atoms with van der Waals surface area (Å²) >= 11 is 0. The highest BCUT2D eigenvalue weighted by Gasteiger charge is 2.36. The lowest BCUT2D eigenvalue weighted by molar-refractivity contribution is -0.138. The fourth-order valence-electron chi connectivity index (χ4n) is 3.71. The molecule has 1 saturated carbocycles. The number of amides is 1. The molecule has 5 nitrogen and oxygen atoms in total. The summed E-state index contributed by atoms with van der Waals surface area (Å²) < 4.78 is 0. The van der Waals surface area contributed by atoms with Crippen LogP contribution < -0.4 is 5.73 Å². The summed E-state index contributed by atoms with van der Waals surface area (Å²) in [5.74, 6) is 0.326. The molecule has 0 spiro atoms. The van der Waals surface area contributed by atoms with Crippen LogP contribution in [0.5, 0.6) is 0 Å². The highest BCUT2D eigenvalue weighted by molar-refractivity contribution is 5.79. The number of aliphatic carboxylic acids is 1. The molecule has 0 radical (unpaired) electrons. The maximum absolute atomic E-state index is 12.6. The topological polar surface area (TPSA) is 83.6 Å². The Labute approximate surface area is 120 Å². The van der Waals surface area contributed by atoms with Crippen LogP contribution >= 0.6 is 0 Å². The van der Waals surface area contributed by atoms with Gasteiger partial charge in [-0.15, -0.1) is 0 Å². The summed E-state index contributed by atoms with van der Waals surface area (Å²) in [5.41, 5.74) is 5.76. The lowest BCUT2D eigenvalue weighted by atomic mass is 9.90. The van der Waals surface area contributed by atoms with Gasteiger partial charge < -0.3 is 15.7 Å². The minimum atomic E-state index is -0.743. The number of carbonyl (C=O) groups is 2. The smallest absolute Gasteiger partial charge is 0.303 e. The van der Waals surface area contributed by atoms with Gasteiger partial charge in [-0.1, -0.05) is 6.42 Å². The third kappa shape index (κ3) is 3.72. The molecule has 0 aromatic heterocycles. The van der Waals surface area contributed by atoms with E-state index >= 15 is 0 Å². The standard InChI is InChI=1S/C15H26N2O3/c16-9-12-4-1-5-13(12)15(20)17-8-2-3-11(10-17)6-7-14(18)19/h11-13H,1-10,16H2,(H,18,19). The Morgan fingerprint density at radius 1 is 1.20 bits per heavy atom. The van der Waals surface area contributed by atoms with Gasteiger partial charge in [-0.05, 0) is 50.5 Å². The largest absolute Gasteiger partial charge is 0.481 e. The van der Waals surface area contributed by atoms with Crippen LogP contribution in [0, 0.1) is 17.8 Å². The number of nitrogens with two attached hydrogens (primary N) is 1. The number of carbonyl (C=O) groups excluding carboxylic acids is 1. The molecule has 5 heteroatoms. The molecule has 0 bridgehead atoms. The van der Waals surface area contributed by atoms with Gasteiger partial charge in [0.2, 0.25) is 5.91 Å². The summed E-state index contributed by atoms with van der Waals surface area (Å²) in [5, 5.41) is 8.76. The van der Waals surface area contributed by atoms with E-state index in [1.165, 1.54) is 0 Å². The predicted octanol–water partition coefficient (Wildman–Crippen LogP) is 1.46. The molecule has 114 valence electrons. The number of hydrogen-bond donors (Lipinski definition) is 2. The Hall–Kier alpha value is -1.10. The molecule has 3 atom stereocenters. The third-order valence-electron chi connectivity index (χ3n) is 4.88. The van der Waals surface area contributed by atoms with E-state index < -0.39 is 5.97 Å². The SMILES string of the molecule is NCC1CCCC1C(=O)N1CCCC(CCC(=O)O)C1. The maximum atomic E-state index is 12.6. The van der Waals surface area contributed by atoms with Crippen molar-refractivity contribution in [2.45, 2.75) is 44.9 Å². The number of carboxylic acid groups (broad SMARTS) is 1. The lowest BCUT2D eigenvalue weighted by Gasteiger charge is -2.35. The molecular weight excluding hydrogens is 256 g/mol. The molecule has 1 aliphatic heterocycles. The lowest BCUT2D eigenvalue weighted by Crippen LogP contribution is -2.44. The molecule has 0 aromatic rings. The molecule has 20 heavy (non-hydrogen) atoms. The van der Waals surface area contributed by atoms with E-state index in [1.54, 1.807) is 0 Å². The molecule has 1 aliphatic carbocycles. The van der Waals surface area contributed by atoms with Crippen LogP contribution in [0.25, 0.3) is 0 Å². The van der Waals surface area contributed by atoms with E-state index in [9.17, 15) is 9.59 Å². The number of nitrogens with zero attached hydrogens (tertiary/aromatic N) is 1. The average Bonchev–Trinajstić information content (AvgIpc) is 2.93. The zero-order valence-corrected chi connectivity index (χ0v) is 12.1. The van der Waals surface area contributed by atoms with Crippen LogP contribution in [0.1, 0.15) is 44.9 Å². The van der Waals surface area contributed by atoms with Gasteiger partial charge in [-0.3, -0.25) is 9.59 Å². The van der Waals surface area contributed by atoms with E-state index in [1.807, 2.05) is 4.90 Å². The Morgan fingerprint density at radius 2 is 2.00 bits per heavy atom. The molecule has 1 saturated heterocycles. The first-order valence-corrected chi connectivity index (χ1v) is 7.82. The average molecular weight is 282 g/mol. The third-order valence-corrected chi connectivity index (χ3v) is 4.88. The van der Waals surface area contributed by atoms with Crippen molar-refractivity contribution in [2.75, 3.05) is 19.6 Å². The quantitative estimate of drug-likeness (QED) is 0.799. The summed E-state index contributed by atoms with van der Waals surface area (Å²) in [6.07, 6.45) is 6.08. The molecule has 2 fully saturated rings. The Bertz CT molecular complexity index is 359. The summed E-state index contributed by atoms with van der Waals surface area (Å²) in [6, 6.07) is 0. The van der Waals surface area contributed by atoms with Gasteiger partial charge in [0.1, 0.15) is 0 Å². The number of rotatable bonds is 5. The van der Waals surface area contributed by atoms with Crippen molar-refractivity contribution < 1.29 is 14.7 Å². The first kappa shape index (κ1) is 15.3. The summed E-state index contributed by atoms with van der Waals surface area (Å²) in [4.78, 5) is 25.2. The predicted molar refractivity (Wildman–Crippen MR) is 76.1 cm³/mol. The van der Waals surface area contributed by atoms with Crippen molar-refractivity contribution in [3.8, 4) is 0 Å². The van der Waals surface area contributed by atoms with E-state index in [0.717, 1.165) is 45.2 Å². The second-order valence-electron chi connectivity index (χ2n) is 6.26. The van der Waals surface area contributed by atoms with Crippen molar-refractivity contribution in [2.24, 2.45) is 23.5 Å². The van der Waals surface area contributed by atoms with Gasteiger partial charge in [0.25, 0.3) is 0 Å². The Balaban J connectivity index is 1.87. The second-order valence-corrected chi connectivity index (χ2v) is 6.26. The summed E-state index contributed by atoms with van der Waals surface area (Å²) in [7, 11) is 0. The number of carboxylic acids is 1. The molecule has 3 N–H and O–H groups in total. The van der Waals surface area contributed by atoms with Crippen LogP contribution in [0.15, 0.2) is 0 Å². The van der Waals surface area contributed by atoms with Crippen molar-refractivity contribution in [3.63, 3.8) is 0 Å². The number of piperidine rings is 1. The molecule has 0 aromatic carbocycles. The van der Waals surface area contributed by atoms with Crippen LogP contribution in [0.3, 0.4) is 0 Å². The van der Waals surface area contributed by atoms with Crippen LogP contribution in [0.2, 0.25) is 0 Å². The van der Waals surface area contributed by atoms with Crippen molar-refractivity contribution in [1.82, 2.24) is 4.90 Å². The van der Waals surface area contributed by atoms with Gasteiger partial charge >= 0.3 is 5.97 Å². The van der Waals surface area contributed by atoms with E-state index in [2.05, 4.69) is 0 Å². The van der Waals surface area contributed by atoms with Gasteiger partial charge in [-0.2, -0.15) is 0 Å². The molecule has 2 aliphatic rings. The van der Waals surface area contributed by atoms with Crippen molar-refractivity contribution >= 4 is 11.9 Å². The fraction of sp³-hybridized carbons (Fsp3) is 0.867. The van der Waals surface area contributed by atoms with Gasteiger partial charge in [-0.25, -0.2) is 0 Å². The first-order valence-electron chi connectivity index (χ1n) is 7.82. The van der Waals surface area contributed by atoms with Crippen LogP contribution in [-0.4, -0.2) is 41.5 Å². The minimum Gasteiger partial charge on any atom is -0.481 e. The van der Waals surface area contributed by atoms with Crippen LogP contribution in [0.4, 0.5) is 0 Å². The Kier molecular flexibility index (Phi) is 5.40. The molecule has 1 heterocycles. The highest BCUT2D eigenvalue weighted by Crippen LogP contribution is 2.33. The molecule has 1 amide bonds. The number of hydrogen-bond acceptors (Lipinski definition) is 3. The number of likely N-dealkylation sites (tertiary alicyclic amines) is 1. The maximum Gasteiger partial charge on any atom is 0.303 e. The normalized spacial score (nSPS) is 30.4. The summed E-state index contributed by atoms with van der Waals surface area (Å²) in [6.45, 7) is 2.17. The van der Waals surface area contributed by atoms with E-state index in [4.69, 9.17) is 10.8 Å². The monoisotopic (exact) mass is 282 g/mol. The van der Waals surface area contributed by atoms with E-state index in [0.29, 0.717) is 24.8 Å². The van der Waals surface area contributed by atoms with Crippen LogP contribution in [-0.2, 0) is 9.59 Å². The molecule has 2 rings (SSSR count). The Morgan fingerprint density at radius 3 is 2.70 bits per heavy atom. The van der Waals surface area contributed by atoms with Gasteiger partial charge in [0, 0.05) is 25.4 Å². The molecule has 3 unspecified atom stereocenters. The van der Waals surface area contributed by atoms with Crippen molar-refractivity contribution in [1.29, 1.82) is 0 Å². The van der Waals surface area contributed by atoms with Gasteiger partial charge in [0.05, 0.1) is 0 Å². The highest BCUT2D eigenvalue weighted by atomic mass is 16.4.